The minimum Gasteiger partial charge on any atom is -0.317 e. The summed E-state index contributed by atoms with van der Waals surface area (Å²) in [7, 11) is 0. The van der Waals surface area contributed by atoms with E-state index in [0.717, 1.165) is 12.8 Å². The van der Waals surface area contributed by atoms with Crippen molar-refractivity contribution in [1.29, 1.82) is 0 Å². The van der Waals surface area contributed by atoms with Gasteiger partial charge in [0.05, 0.1) is 11.0 Å². The molecule has 2 aromatic heterocycles. The molecule has 0 fully saturated rings. The molecule has 0 amide bonds. The van der Waals surface area contributed by atoms with E-state index < -0.39 is 0 Å². The van der Waals surface area contributed by atoms with E-state index in [4.69, 9.17) is 0 Å². The van der Waals surface area contributed by atoms with Crippen molar-refractivity contribution in [3.63, 3.8) is 0 Å². The van der Waals surface area contributed by atoms with Crippen LogP contribution in [0.25, 0.3) is 55.4 Å². The van der Waals surface area contributed by atoms with Gasteiger partial charge in [0, 0.05) is 38.1 Å². The molecule has 0 radical (unpaired) electrons. The lowest BCUT2D eigenvalue weighted by Crippen LogP contribution is -1.95. The monoisotopic (exact) mass is 628 g/mol. The normalized spacial score (nSPS) is 11.4. The Morgan fingerprint density at radius 1 is 0.550 bits per heavy atom. The standard InChI is InChI=1S/C37H29IN2/c1-2-9-26-24-34(28-15-17-37-30(23-28)19-21-40(37)32-12-7-4-8-13-32)35(38)25-33(26)27-14-16-36-29(22-27)18-20-39(36)31-10-5-3-6-11-31/h3-8,10-25H,2,9H2,1H3. The van der Waals surface area contributed by atoms with Gasteiger partial charge in [-0.2, -0.15) is 0 Å². The highest BCUT2D eigenvalue weighted by Crippen LogP contribution is 2.37. The first-order valence-electron chi connectivity index (χ1n) is 13.9. The Bertz CT molecular complexity index is 1960. The van der Waals surface area contributed by atoms with Crippen LogP contribution in [0.1, 0.15) is 18.9 Å². The van der Waals surface area contributed by atoms with Crippen LogP contribution in [-0.4, -0.2) is 9.13 Å². The third-order valence-electron chi connectivity index (χ3n) is 7.78. The Balaban J connectivity index is 1.29. The quantitative estimate of drug-likeness (QED) is 0.162. The van der Waals surface area contributed by atoms with Crippen LogP contribution < -0.4 is 0 Å². The van der Waals surface area contributed by atoms with Crippen LogP contribution in [0, 0.1) is 3.57 Å². The highest BCUT2D eigenvalue weighted by atomic mass is 127. The third kappa shape index (κ3) is 4.44. The molecule has 2 nitrogen and oxygen atoms in total. The van der Waals surface area contributed by atoms with Crippen molar-refractivity contribution in [2.24, 2.45) is 0 Å². The summed E-state index contributed by atoms with van der Waals surface area (Å²) < 4.78 is 5.80. The van der Waals surface area contributed by atoms with Crippen LogP contribution in [-0.2, 0) is 6.42 Å². The van der Waals surface area contributed by atoms with Crippen molar-refractivity contribution < 1.29 is 0 Å². The van der Waals surface area contributed by atoms with Crippen LogP contribution in [0.5, 0.6) is 0 Å². The zero-order chi connectivity index (χ0) is 27.1. The van der Waals surface area contributed by atoms with Crippen molar-refractivity contribution in [1.82, 2.24) is 9.13 Å². The summed E-state index contributed by atoms with van der Waals surface area (Å²) in [5, 5.41) is 2.52. The summed E-state index contributed by atoms with van der Waals surface area (Å²) in [5.41, 5.74) is 11.4. The number of hydrogen-bond donors (Lipinski definition) is 0. The molecule has 5 aromatic carbocycles. The average molecular weight is 629 g/mol. The Kier molecular flexibility index (Phi) is 6.52. The molecule has 0 N–H and O–H groups in total. The topological polar surface area (TPSA) is 9.86 Å². The predicted octanol–water partition coefficient (Wildman–Crippen LogP) is 10.5. The SMILES string of the molecule is CCCc1cc(-c2ccc3c(ccn3-c3ccccc3)c2)c(I)cc1-c1ccc2c(ccn2-c2ccccc2)c1. The maximum absolute atomic E-state index is 2.52. The lowest BCUT2D eigenvalue weighted by Gasteiger charge is -2.15. The van der Waals surface area contributed by atoms with Gasteiger partial charge < -0.3 is 9.13 Å². The Morgan fingerprint density at radius 2 is 1.07 bits per heavy atom. The molecular weight excluding hydrogens is 599 g/mol. The van der Waals surface area contributed by atoms with Gasteiger partial charge in [0.1, 0.15) is 0 Å². The van der Waals surface area contributed by atoms with Crippen molar-refractivity contribution in [3.05, 3.63) is 143 Å². The molecule has 0 aliphatic carbocycles. The molecule has 2 heterocycles. The van der Waals surface area contributed by atoms with E-state index >= 15 is 0 Å². The number of para-hydroxylation sites is 2. The molecule has 194 valence electrons. The first kappa shape index (κ1) is 24.9. The maximum atomic E-state index is 2.52. The van der Waals surface area contributed by atoms with Crippen LogP contribution >= 0.6 is 22.6 Å². The van der Waals surface area contributed by atoms with Gasteiger partial charge in [0.15, 0.2) is 0 Å². The number of aromatic nitrogens is 2. The summed E-state index contributed by atoms with van der Waals surface area (Å²) >= 11 is 2.52. The van der Waals surface area contributed by atoms with Crippen molar-refractivity contribution in [2.45, 2.75) is 19.8 Å². The fourth-order valence-electron chi connectivity index (χ4n) is 5.83. The molecule has 0 unspecified atom stereocenters. The zero-order valence-corrected chi connectivity index (χ0v) is 24.5. The van der Waals surface area contributed by atoms with E-state index in [1.54, 1.807) is 0 Å². The lowest BCUT2D eigenvalue weighted by molar-refractivity contribution is 0.923. The summed E-state index contributed by atoms with van der Waals surface area (Å²) in [6.07, 6.45) is 6.50. The maximum Gasteiger partial charge on any atom is 0.0528 e. The molecule has 0 saturated heterocycles. The summed E-state index contributed by atoms with van der Waals surface area (Å²) in [4.78, 5) is 0. The second kappa shape index (κ2) is 10.5. The van der Waals surface area contributed by atoms with E-state index in [9.17, 15) is 0 Å². The molecule has 7 aromatic rings. The van der Waals surface area contributed by atoms with E-state index in [0.29, 0.717) is 0 Å². The van der Waals surface area contributed by atoms with Gasteiger partial charge in [-0.3, -0.25) is 0 Å². The van der Waals surface area contributed by atoms with E-state index in [1.165, 1.54) is 64.6 Å². The van der Waals surface area contributed by atoms with Gasteiger partial charge in [-0.15, -0.1) is 0 Å². The molecule has 3 heteroatoms. The Labute approximate surface area is 248 Å². The number of hydrogen-bond acceptors (Lipinski definition) is 0. The first-order chi connectivity index (χ1) is 19.7. The van der Waals surface area contributed by atoms with Crippen LogP contribution in [0.2, 0.25) is 0 Å². The predicted molar refractivity (Wildman–Crippen MR) is 178 cm³/mol. The fourth-order valence-corrected chi connectivity index (χ4v) is 6.61. The molecular formula is C37H29IN2. The fraction of sp³-hybridized carbons (Fsp3) is 0.0811. The molecule has 0 spiro atoms. The van der Waals surface area contributed by atoms with Gasteiger partial charge in [-0.1, -0.05) is 61.9 Å². The van der Waals surface area contributed by atoms with Crippen LogP contribution in [0.3, 0.4) is 0 Å². The number of rotatable bonds is 6. The van der Waals surface area contributed by atoms with Gasteiger partial charge in [-0.05, 0) is 130 Å². The molecule has 0 saturated carbocycles. The lowest BCUT2D eigenvalue weighted by atomic mass is 9.92. The van der Waals surface area contributed by atoms with Crippen molar-refractivity contribution in [2.75, 3.05) is 0 Å². The minimum atomic E-state index is 1.05. The highest BCUT2D eigenvalue weighted by Gasteiger charge is 2.14. The number of fused-ring (bicyclic) bond motifs is 2. The van der Waals surface area contributed by atoms with Gasteiger partial charge in [-0.25, -0.2) is 0 Å². The summed E-state index contributed by atoms with van der Waals surface area (Å²) in [6.45, 7) is 2.27. The highest BCUT2D eigenvalue weighted by molar-refractivity contribution is 14.1. The van der Waals surface area contributed by atoms with Gasteiger partial charge >= 0.3 is 0 Å². The van der Waals surface area contributed by atoms with Crippen LogP contribution in [0.4, 0.5) is 0 Å². The molecule has 0 atom stereocenters. The zero-order valence-electron chi connectivity index (χ0n) is 22.4. The van der Waals surface area contributed by atoms with E-state index in [2.05, 4.69) is 172 Å². The van der Waals surface area contributed by atoms with Crippen molar-refractivity contribution >= 4 is 44.4 Å². The summed E-state index contributed by atoms with van der Waals surface area (Å²) in [5.74, 6) is 0. The molecule has 7 rings (SSSR count). The molecule has 0 aliphatic heterocycles. The number of nitrogens with zero attached hydrogens (tertiary/aromatic N) is 2. The number of aryl methyl sites for hydroxylation is 1. The second-order valence-electron chi connectivity index (χ2n) is 10.3. The van der Waals surface area contributed by atoms with E-state index in [1.807, 2.05) is 0 Å². The smallest absolute Gasteiger partial charge is 0.0528 e. The first-order valence-corrected chi connectivity index (χ1v) is 14.9. The molecule has 40 heavy (non-hydrogen) atoms. The molecule has 0 bridgehead atoms. The van der Waals surface area contributed by atoms with Crippen molar-refractivity contribution in [3.8, 4) is 33.6 Å². The number of benzene rings is 5. The van der Waals surface area contributed by atoms with Crippen LogP contribution in [0.15, 0.2) is 134 Å². The Hall–Kier alpha value is -4.09. The van der Waals surface area contributed by atoms with E-state index in [-0.39, 0.29) is 0 Å². The largest absolute Gasteiger partial charge is 0.317 e. The Morgan fingerprint density at radius 3 is 1.60 bits per heavy atom. The average Bonchev–Trinajstić information content (AvgIpc) is 3.62. The van der Waals surface area contributed by atoms with Gasteiger partial charge in [0.25, 0.3) is 0 Å². The second-order valence-corrected chi connectivity index (χ2v) is 11.5. The number of halogens is 1. The summed E-state index contributed by atoms with van der Waals surface area (Å²) in [6, 6.07) is 44.1. The molecule has 0 aliphatic rings. The third-order valence-corrected chi connectivity index (χ3v) is 8.68. The van der Waals surface area contributed by atoms with Gasteiger partial charge in [0.2, 0.25) is 0 Å². The minimum absolute atomic E-state index is 1.05.